The molecule has 1 fully saturated rings. The van der Waals surface area contributed by atoms with Gasteiger partial charge in [0.15, 0.2) is 0 Å². The monoisotopic (exact) mass is 202 g/mol. The first kappa shape index (κ1) is 8.19. The van der Waals surface area contributed by atoms with Gasteiger partial charge >= 0.3 is 0 Å². The van der Waals surface area contributed by atoms with Gasteiger partial charge in [-0.1, -0.05) is 12.2 Å². The molecule has 0 spiro atoms. The first-order valence-corrected chi connectivity index (χ1v) is 5.37. The molecule has 2 aliphatic rings. The van der Waals surface area contributed by atoms with Gasteiger partial charge in [0.1, 0.15) is 10.7 Å². The summed E-state index contributed by atoms with van der Waals surface area (Å²) in [6, 6.07) is 4.15. The van der Waals surface area contributed by atoms with E-state index in [9.17, 15) is 0 Å². The van der Waals surface area contributed by atoms with E-state index >= 15 is 0 Å². The predicted molar refractivity (Wildman–Crippen MR) is 55.7 cm³/mol. The molecule has 1 aromatic rings. The maximum absolute atomic E-state index is 8.88. The molecule has 1 N–H and O–H groups in total. The smallest absolute Gasteiger partial charge is 0.121 e. The van der Waals surface area contributed by atoms with Crippen LogP contribution < -0.4 is 0 Å². The number of nitrogens with one attached hydrogen (secondary N) is 1. The van der Waals surface area contributed by atoms with Gasteiger partial charge < -0.3 is 4.98 Å². The molecule has 14 heavy (non-hydrogen) atoms. The molecule has 1 heterocycles. The minimum absolute atomic E-state index is 0.610. The number of pyridine rings is 1. The Bertz CT molecular complexity index is 495. The average Bonchev–Trinajstić information content (AvgIpc) is 2.77. The van der Waals surface area contributed by atoms with Gasteiger partial charge in [0, 0.05) is 5.69 Å². The van der Waals surface area contributed by atoms with Gasteiger partial charge in [-0.05, 0) is 42.7 Å². The molecule has 1 saturated carbocycles. The Morgan fingerprint density at radius 2 is 2.21 bits per heavy atom. The van der Waals surface area contributed by atoms with Crippen LogP contribution >= 0.6 is 12.2 Å². The van der Waals surface area contributed by atoms with Crippen molar-refractivity contribution in [2.75, 3.05) is 0 Å². The molecular formula is C11H10N2S. The number of nitriles is 1. The van der Waals surface area contributed by atoms with E-state index in [1.165, 1.54) is 30.5 Å². The molecule has 2 nitrogen and oxygen atoms in total. The lowest BCUT2D eigenvalue weighted by Gasteiger charge is -2.14. The lowest BCUT2D eigenvalue weighted by Crippen LogP contribution is -2.02. The summed E-state index contributed by atoms with van der Waals surface area (Å²) in [5.74, 6) is 1.37. The second-order valence-electron chi connectivity index (χ2n) is 4.20. The number of aromatic nitrogens is 1. The summed E-state index contributed by atoms with van der Waals surface area (Å²) in [5.41, 5.74) is 3.29. The summed E-state index contributed by atoms with van der Waals surface area (Å²) >= 11 is 5.13. The van der Waals surface area contributed by atoms with Crippen LogP contribution in [0.5, 0.6) is 0 Å². The maximum Gasteiger partial charge on any atom is 0.121 e. The fourth-order valence-corrected chi connectivity index (χ4v) is 3.06. The summed E-state index contributed by atoms with van der Waals surface area (Å²) in [7, 11) is 0. The Morgan fingerprint density at radius 3 is 3.00 bits per heavy atom. The Morgan fingerprint density at radius 1 is 1.43 bits per heavy atom. The van der Waals surface area contributed by atoms with Crippen molar-refractivity contribution in [1.29, 1.82) is 5.26 Å². The molecule has 3 heteroatoms. The Kier molecular flexibility index (Phi) is 1.57. The van der Waals surface area contributed by atoms with Gasteiger partial charge in [0.2, 0.25) is 0 Å². The fraction of sp³-hybridized carbons (Fsp3) is 0.455. The highest BCUT2D eigenvalue weighted by Crippen LogP contribution is 2.52. The van der Waals surface area contributed by atoms with E-state index in [-0.39, 0.29) is 0 Å². The lowest BCUT2D eigenvalue weighted by molar-refractivity contribution is 0.695. The molecule has 2 bridgehead atoms. The maximum atomic E-state index is 8.88. The third-order valence-electron chi connectivity index (χ3n) is 3.50. The minimum Gasteiger partial charge on any atom is -0.348 e. The topological polar surface area (TPSA) is 39.6 Å². The van der Waals surface area contributed by atoms with Crippen LogP contribution in [-0.4, -0.2) is 4.98 Å². The van der Waals surface area contributed by atoms with E-state index in [0.717, 1.165) is 0 Å². The molecule has 0 aliphatic heterocycles. The molecule has 0 aromatic carbocycles. The van der Waals surface area contributed by atoms with Crippen LogP contribution in [0, 0.1) is 16.0 Å². The molecule has 2 aliphatic carbocycles. The Balaban J connectivity index is 2.27. The number of aromatic amines is 1. The molecule has 2 unspecified atom stereocenters. The van der Waals surface area contributed by atoms with Crippen molar-refractivity contribution in [1.82, 2.24) is 4.98 Å². The highest BCUT2D eigenvalue weighted by molar-refractivity contribution is 7.71. The predicted octanol–water partition coefficient (Wildman–Crippen LogP) is 2.98. The Hall–Kier alpha value is -1.14. The van der Waals surface area contributed by atoms with E-state index < -0.39 is 0 Å². The molecule has 0 radical (unpaired) electrons. The van der Waals surface area contributed by atoms with Gasteiger partial charge in [0.25, 0.3) is 0 Å². The third-order valence-corrected chi connectivity index (χ3v) is 3.83. The Labute approximate surface area is 87.6 Å². The number of nitrogens with zero attached hydrogens (tertiary/aromatic N) is 1. The van der Waals surface area contributed by atoms with Crippen molar-refractivity contribution < 1.29 is 0 Å². The van der Waals surface area contributed by atoms with Crippen molar-refractivity contribution >= 4 is 12.2 Å². The number of rotatable bonds is 0. The number of hydrogen-bond acceptors (Lipinski definition) is 2. The van der Waals surface area contributed by atoms with Crippen molar-refractivity contribution in [3.8, 4) is 6.07 Å². The van der Waals surface area contributed by atoms with E-state index in [1.54, 1.807) is 0 Å². The molecule has 1 aromatic heterocycles. The van der Waals surface area contributed by atoms with Gasteiger partial charge in [0.05, 0.1) is 5.56 Å². The van der Waals surface area contributed by atoms with Crippen LogP contribution in [0.1, 0.15) is 47.9 Å². The summed E-state index contributed by atoms with van der Waals surface area (Å²) in [5, 5.41) is 8.88. The van der Waals surface area contributed by atoms with Gasteiger partial charge in [-0.2, -0.15) is 5.26 Å². The summed E-state index contributed by atoms with van der Waals surface area (Å²) in [6.07, 6.45) is 3.83. The summed E-state index contributed by atoms with van der Waals surface area (Å²) < 4.78 is 0.610. The lowest BCUT2D eigenvalue weighted by atomic mass is 9.95. The SMILES string of the molecule is N#Cc1cc2c([nH]c1=S)C1CCC2C1. The highest BCUT2D eigenvalue weighted by Gasteiger charge is 2.37. The van der Waals surface area contributed by atoms with Crippen molar-refractivity contribution in [3.63, 3.8) is 0 Å². The number of hydrogen-bond donors (Lipinski definition) is 1. The number of fused-ring (bicyclic) bond motifs is 5. The van der Waals surface area contributed by atoms with Crippen LogP contribution in [-0.2, 0) is 0 Å². The van der Waals surface area contributed by atoms with Gasteiger partial charge in [-0.15, -0.1) is 0 Å². The van der Waals surface area contributed by atoms with Crippen LogP contribution in [0.4, 0.5) is 0 Å². The van der Waals surface area contributed by atoms with Crippen LogP contribution in [0.3, 0.4) is 0 Å². The fourth-order valence-electron chi connectivity index (χ4n) is 2.85. The highest BCUT2D eigenvalue weighted by atomic mass is 32.1. The second kappa shape index (κ2) is 2.68. The minimum atomic E-state index is 0.610. The standard InChI is InChI=1S/C11H10N2S/c12-5-8-4-9-6-1-2-7(3-6)10(9)13-11(8)14/h4,6-7H,1-3H2,(H,13,14). The normalized spacial score (nSPS) is 27.4. The molecular weight excluding hydrogens is 192 g/mol. The zero-order valence-electron chi connectivity index (χ0n) is 7.71. The molecule has 0 saturated heterocycles. The van der Waals surface area contributed by atoms with Crippen LogP contribution in [0.15, 0.2) is 6.07 Å². The largest absolute Gasteiger partial charge is 0.348 e. The number of H-pyrrole nitrogens is 1. The van der Waals surface area contributed by atoms with E-state index in [4.69, 9.17) is 17.5 Å². The first-order valence-electron chi connectivity index (χ1n) is 4.97. The summed E-state index contributed by atoms with van der Waals surface area (Å²) in [4.78, 5) is 3.23. The molecule has 3 rings (SSSR count). The van der Waals surface area contributed by atoms with Crippen LogP contribution in [0.25, 0.3) is 0 Å². The zero-order chi connectivity index (χ0) is 9.71. The quantitative estimate of drug-likeness (QED) is 0.657. The van der Waals surface area contributed by atoms with Crippen molar-refractivity contribution in [2.24, 2.45) is 0 Å². The zero-order valence-corrected chi connectivity index (χ0v) is 8.53. The second-order valence-corrected chi connectivity index (χ2v) is 4.61. The molecule has 70 valence electrons. The van der Waals surface area contributed by atoms with Crippen LogP contribution in [0.2, 0.25) is 0 Å². The third kappa shape index (κ3) is 0.921. The van der Waals surface area contributed by atoms with E-state index in [1.807, 2.05) is 6.07 Å². The van der Waals surface area contributed by atoms with E-state index in [2.05, 4.69) is 11.1 Å². The molecule has 0 amide bonds. The van der Waals surface area contributed by atoms with Crippen molar-refractivity contribution in [3.05, 3.63) is 27.5 Å². The van der Waals surface area contributed by atoms with Gasteiger partial charge in [-0.3, -0.25) is 0 Å². The summed E-state index contributed by atoms with van der Waals surface area (Å²) in [6.45, 7) is 0. The van der Waals surface area contributed by atoms with Gasteiger partial charge in [-0.25, -0.2) is 0 Å². The average molecular weight is 202 g/mol. The molecule has 2 atom stereocenters. The van der Waals surface area contributed by atoms with E-state index in [0.29, 0.717) is 22.0 Å². The first-order chi connectivity index (χ1) is 6.79. The van der Waals surface area contributed by atoms with Crippen molar-refractivity contribution in [2.45, 2.75) is 31.1 Å².